The molecule has 4 atom stereocenters. The number of nitrogens with two attached hydrogens (primary N) is 1. The van der Waals surface area contributed by atoms with Gasteiger partial charge in [-0.2, -0.15) is 10.2 Å². The quantitative estimate of drug-likeness (QED) is 0.566. The minimum Gasteiger partial charge on any atom is -0.394 e. The molecule has 1 fully saturated rings. The lowest BCUT2D eigenvalue weighted by atomic mass is 10.0. The summed E-state index contributed by atoms with van der Waals surface area (Å²) in [6.07, 6.45) is -1.70. The summed E-state index contributed by atoms with van der Waals surface area (Å²) in [5, 5.41) is 27.8. The molecule has 0 aliphatic carbocycles. The second-order valence-corrected chi connectivity index (χ2v) is 3.94. The topological polar surface area (TPSA) is 134 Å². The fourth-order valence-corrected chi connectivity index (χ4v) is 1.89. The summed E-state index contributed by atoms with van der Waals surface area (Å²) in [5.41, 5.74) is 4.68. The number of nitrogen functional groups attached to an aromatic ring is 1. The molecule has 0 spiro atoms. The zero-order chi connectivity index (χ0) is 13.3. The van der Waals surface area contributed by atoms with Crippen LogP contribution in [0.2, 0.25) is 0 Å². The van der Waals surface area contributed by atoms with Crippen molar-refractivity contribution in [3.8, 4) is 6.07 Å². The molecule has 0 radical (unpaired) electrons. The lowest BCUT2D eigenvalue weighted by Gasteiger charge is -2.16. The van der Waals surface area contributed by atoms with Crippen molar-refractivity contribution in [2.24, 2.45) is 5.92 Å². The van der Waals surface area contributed by atoms with E-state index in [1.165, 1.54) is 12.3 Å². The molecule has 1 aliphatic rings. The van der Waals surface area contributed by atoms with Crippen molar-refractivity contribution in [1.29, 1.82) is 5.26 Å². The van der Waals surface area contributed by atoms with Crippen molar-refractivity contribution in [2.45, 2.75) is 18.4 Å². The summed E-state index contributed by atoms with van der Waals surface area (Å²) < 4.78 is 6.37. The third kappa shape index (κ3) is 1.95. The molecular weight excluding hydrogens is 240 g/mol. The van der Waals surface area contributed by atoms with E-state index in [0.29, 0.717) is 0 Å². The third-order valence-electron chi connectivity index (χ3n) is 2.82. The number of aliphatic hydroxyl groups is 2. The molecular formula is C10H12N4O4. The van der Waals surface area contributed by atoms with Crippen molar-refractivity contribution in [2.75, 3.05) is 12.3 Å². The Morgan fingerprint density at radius 3 is 2.94 bits per heavy atom. The molecule has 0 aromatic carbocycles. The maximum absolute atomic E-state index is 11.6. The zero-order valence-electron chi connectivity index (χ0n) is 9.30. The first-order valence-corrected chi connectivity index (χ1v) is 5.27. The summed E-state index contributed by atoms with van der Waals surface area (Å²) in [6, 6.07) is 3.25. The molecule has 4 N–H and O–H groups in total. The van der Waals surface area contributed by atoms with Gasteiger partial charge in [-0.1, -0.05) is 0 Å². The van der Waals surface area contributed by atoms with Crippen molar-refractivity contribution in [3.05, 3.63) is 22.7 Å². The van der Waals surface area contributed by atoms with E-state index in [0.717, 1.165) is 4.57 Å². The van der Waals surface area contributed by atoms with Gasteiger partial charge in [-0.15, -0.1) is 0 Å². The Morgan fingerprint density at radius 1 is 1.67 bits per heavy atom. The summed E-state index contributed by atoms with van der Waals surface area (Å²) in [5.74, 6) is -0.896. The summed E-state index contributed by atoms with van der Waals surface area (Å²) in [7, 11) is 0. The summed E-state index contributed by atoms with van der Waals surface area (Å²) >= 11 is 0. The van der Waals surface area contributed by atoms with Crippen LogP contribution in [0.3, 0.4) is 0 Å². The maximum atomic E-state index is 11.6. The zero-order valence-corrected chi connectivity index (χ0v) is 9.30. The fourth-order valence-electron chi connectivity index (χ4n) is 1.89. The molecule has 96 valence electrons. The van der Waals surface area contributed by atoms with Crippen molar-refractivity contribution >= 4 is 5.82 Å². The van der Waals surface area contributed by atoms with Crippen LogP contribution in [0.25, 0.3) is 0 Å². The predicted molar refractivity (Wildman–Crippen MR) is 59.0 cm³/mol. The molecule has 8 nitrogen and oxygen atoms in total. The van der Waals surface area contributed by atoms with Crippen LogP contribution in [0.4, 0.5) is 5.82 Å². The van der Waals surface area contributed by atoms with Crippen molar-refractivity contribution in [1.82, 2.24) is 9.55 Å². The number of hydrogen-bond donors (Lipinski definition) is 3. The molecule has 0 bridgehead atoms. The standard InChI is InChI=1S/C10H12N4O4/c11-3-5-8(16)6(4-15)18-9(5)14-2-1-7(12)13-10(14)17/h1-2,5-6,8-9,15-16H,4H2,(H2,12,13,17)/t5-,6-,8?,9-/m1/s1. The highest BCUT2D eigenvalue weighted by Gasteiger charge is 2.45. The Balaban J connectivity index is 2.39. The van der Waals surface area contributed by atoms with E-state index in [-0.39, 0.29) is 5.82 Å². The highest BCUT2D eigenvalue weighted by Crippen LogP contribution is 2.33. The Hall–Kier alpha value is -1.95. The maximum Gasteiger partial charge on any atom is 0.351 e. The van der Waals surface area contributed by atoms with Crippen LogP contribution in [-0.2, 0) is 4.74 Å². The van der Waals surface area contributed by atoms with Crippen LogP contribution in [0.5, 0.6) is 0 Å². The van der Waals surface area contributed by atoms with E-state index in [4.69, 9.17) is 20.8 Å². The van der Waals surface area contributed by atoms with Crippen molar-refractivity contribution in [3.63, 3.8) is 0 Å². The third-order valence-corrected chi connectivity index (χ3v) is 2.82. The van der Waals surface area contributed by atoms with E-state index in [1.807, 2.05) is 6.07 Å². The van der Waals surface area contributed by atoms with Gasteiger partial charge in [-0.25, -0.2) is 4.79 Å². The highest BCUT2D eigenvalue weighted by molar-refractivity contribution is 5.23. The molecule has 1 saturated heterocycles. The number of nitriles is 1. The van der Waals surface area contributed by atoms with Gasteiger partial charge in [0.05, 0.1) is 12.7 Å². The van der Waals surface area contributed by atoms with Gasteiger partial charge in [0.25, 0.3) is 0 Å². The normalized spacial score (nSPS) is 31.2. The molecule has 1 aromatic rings. The molecule has 1 aromatic heterocycles. The van der Waals surface area contributed by atoms with E-state index in [9.17, 15) is 9.90 Å². The minimum absolute atomic E-state index is 0.0574. The van der Waals surface area contributed by atoms with E-state index >= 15 is 0 Å². The molecule has 0 amide bonds. The van der Waals surface area contributed by atoms with Gasteiger partial charge in [-0.3, -0.25) is 4.57 Å². The number of ether oxygens (including phenoxy) is 1. The number of hydrogen-bond acceptors (Lipinski definition) is 7. The molecule has 2 rings (SSSR count). The first kappa shape index (κ1) is 12.5. The van der Waals surface area contributed by atoms with Crippen LogP contribution in [0.15, 0.2) is 17.1 Å². The lowest BCUT2D eigenvalue weighted by molar-refractivity contribution is -0.0469. The minimum atomic E-state index is -1.16. The average Bonchev–Trinajstić information content (AvgIpc) is 2.65. The van der Waals surface area contributed by atoms with Crippen LogP contribution in [-0.4, -0.2) is 38.6 Å². The SMILES string of the molecule is N#C[C@@H]1C(O)[C@@H](CO)O[C@H]1n1ccc(N)nc1=O. The second-order valence-electron chi connectivity index (χ2n) is 3.94. The predicted octanol–water partition coefficient (Wildman–Crippen LogP) is -1.78. The van der Waals surface area contributed by atoms with E-state index in [1.54, 1.807) is 0 Å². The first-order valence-electron chi connectivity index (χ1n) is 5.27. The number of anilines is 1. The number of aliphatic hydroxyl groups excluding tert-OH is 2. The molecule has 1 aliphatic heterocycles. The fraction of sp³-hybridized carbons (Fsp3) is 0.500. The van der Waals surface area contributed by atoms with Crippen LogP contribution in [0, 0.1) is 17.2 Å². The summed E-state index contributed by atoms with van der Waals surface area (Å²) in [4.78, 5) is 15.1. The average molecular weight is 252 g/mol. The van der Waals surface area contributed by atoms with Crippen LogP contribution in [0.1, 0.15) is 6.23 Å². The highest BCUT2D eigenvalue weighted by atomic mass is 16.5. The van der Waals surface area contributed by atoms with Crippen LogP contribution < -0.4 is 11.4 Å². The van der Waals surface area contributed by atoms with Crippen LogP contribution >= 0.6 is 0 Å². The van der Waals surface area contributed by atoms with Gasteiger partial charge in [0.2, 0.25) is 0 Å². The van der Waals surface area contributed by atoms with Gasteiger partial charge < -0.3 is 20.7 Å². The van der Waals surface area contributed by atoms with E-state index in [2.05, 4.69) is 4.98 Å². The number of nitrogens with zero attached hydrogens (tertiary/aromatic N) is 3. The number of aromatic nitrogens is 2. The molecule has 8 heteroatoms. The van der Waals surface area contributed by atoms with Gasteiger partial charge in [0.15, 0.2) is 6.23 Å². The first-order chi connectivity index (χ1) is 8.58. The Kier molecular flexibility index (Phi) is 3.29. The van der Waals surface area contributed by atoms with E-state index < -0.39 is 36.7 Å². The Morgan fingerprint density at radius 2 is 2.39 bits per heavy atom. The van der Waals surface area contributed by atoms with Gasteiger partial charge in [-0.05, 0) is 6.07 Å². The Labute approximate surface area is 102 Å². The Bertz CT molecular complexity index is 537. The molecule has 2 heterocycles. The second kappa shape index (κ2) is 4.73. The molecule has 18 heavy (non-hydrogen) atoms. The largest absolute Gasteiger partial charge is 0.394 e. The smallest absolute Gasteiger partial charge is 0.351 e. The summed E-state index contributed by atoms with van der Waals surface area (Å²) in [6.45, 7) is -0.438. The monoisotopic (exact) mass is 252 g/mol. The lowest BCUT2D eigenvalue weighted by Crippen LogP contribution is -2.31. The molecule has 1 unspecified atom stereocenters. The molecule has 0 saturated carbocycles. The van der Waals surface area contributed by atoms with Gasteiger partial charge >= 0.3 is 5.69 Å². The van der Waals surface area contributed by atoms with Gasteiger partial charge in [0.1, 0.15) is 23.9 Å². The van der Waals surface area contributed by atoms with Gasteiger partial charge in [0, 0.05) is 6.20 Å². The number of rotatable bonds is 2. The van der Waals surface area contributed by atoms with Crippen molar-refractivity contribution < 1.29 is 14.9 Å².